The number of benzene rings is 2. The van der Waals surface area contributed by atoms with E-state index < -0.39 is 0 Å². The lowest BCUT2D eigenvalue weighted by molar-refractivity contribution is 0.270. The van der Waals surface area contributed by atoms with Gasteiger partial charge in [0.15, 0.2) is 0 Å². The van der Waals surface area contributed by atoms with Crippen LogP contribution in [0, 0.1) is 11.7 Å². The molecule has 22 heavy (non-hydrogen) atoms. The van der Waals surface area contributed by atoms with Gasteiger partial charge in [-0.15, -0.1) is 0 Å². The highest BCUT2D eigenvalue weighted by Gasteiger charge is 2.36. The molecule has 2 unspecified atom stereocenters. The van der Waals surface area contributed by atoms with E-state index in [-0.39, 0.29) is 5.82 Å². The van der Waals surface area contributed by atoms with E-state index in [1.165, 1.54) is 17.2 Å². The van der Waals surface area contributed by atoms with Crippen molar-refractivity contribution in [2.75, 3.05) is 19.7 Å². The molecule has 2 aromatic carbocycles. The highest BCUT2D eigenvalue weighted by molar-refractivity contribution is 5.39. The lowest BCUT2D eigenvalue weighted by atomic mass is 9.87. The molecular weight excluding hydrogens is 277 g/mol. The summed E-state index contributed by atoms with van der Waals surface area (Å²) < 4.78 is 19.2. The molecule has 2 aromatic rings. The molecule has 1 saturated heterocycles. The van der Waals surface area contributed by atoms with Crippen molar-refractivity contribution in [3.63, 3.8) is 0 Å². The molecule has 2 aliphatic rings. The number of nitrogens with zero attached hydrogens (tertiary/aromatic N) is 1. The molecular formula is C19H20FNO. The number of ether oxygens (including phenoxy) is 1. The van der Waals surface area contributed by atoms with Crippen LogP contribution >= 0.6 is 0 Å². The summed E-state index contributed by atoms with van der Waals surface area (Å²) in [6.45, 7) is 3.81. The third-order valence-electron chi connectivity index (χ3n) is 4.89. The zero-order valence-electron chi connectivity index (χ0n) is 12.5. The Labute approximate surface area is 130 Å². The summed E-state index contributed by atoms with van der Waals surface area (Å²) in [5.74, 6) is 1.60. The minimum absolute atomic E-state index is 0.212. The Hall–Kier alpha value is -1.87. The van der Waals surface area contributed by atoms with Crippen LogP contribution in [0.1, 0.15) is 23.5 Å². The second-order valence-electron chi connectivity index (χ2n) is 6.37. The minimum atomic E-state index is -0.212. The van der Waals surface area contributed by atoms with Gasteiger partial charge in [0.05, 0.1) is 6.61 Å². The Kier molecular flexibility index (Phi) is 3.59. The second-order valence-corrected chi connectivity index (χ2v) is 6.37. The molecule has 0 bridgehead atoms. The van der Waals surface area contributed by atoms with Gasteiger partial charge in [0.1, 0.15) is 11.6 Å². The number of halogens is 1. The number of rotatable bonds is 2. The standard InChI is InChI=1S/C19H20FNO/c20-16-6-7-17-18-13-21(11-14-4-2-1-3-5-14)12-15(18)8-9-22-19(17)10-16/h1-7,10,15,18H,8-9,11-13H2. The molecule has 2 heterocycles. The van der Waals surface area contributed by atoms with Crippen LogP contribution in [-0.4, -0.2) is 24.6 Å². The van der Waals surface area contributed by atoms with Gasteiger partial charge in [0, 0.05) is 31.6 Å². The Morgan fingerprint density at radius 1 is 1.09 bits per heavy atom. The number of hydrogen-bond acceptors (Lipinski definition) is 2. The first-order valence-corrected chi connectivity index (χ1v) is 7.98. The van der Waals surface area contributed by atoms with Gasteiger partial charge >= 0.3 is 0 Å². The van der Waals surface area contributed by atoms with Crippen LogP contribution in [0.5, 0.6) is 5.75 Å². The van der Waals surface area contributed by atoms with Crippen molar-refractivity contribution in [3.05, 3.63) is 65.5 Å². The van der Waals surface area contributed by atoms with Crippen molar-refractivity contribution >= 4 is 0 Å². The van der Waals surface area contributed by atoms with Gasteiger partial charge in [-0.2, -0.15) is 0 Å². The largest absolute Gasteiger partial charge is 0.493 e. The highest BCUT2D eigenvalue weighted by Crippen LogP contribution is 2.42. The summed E-state index contributed by atoms with van der Waals surface area (Å²) in [6.07, 6.45) is 1.05. The van der Waals surface area contributed by atoms with Gasteiger partial charge in [-0.1, -0.05) is 36.4 Å². The van der Waals surface area contributed by atoms with E-state index in [2.05, 4.69) is 35.2 Å². The average molecular weight is 297 g/mol. The lowest BCUT2D eigenvalue weighted by Crippen LogP contribution is -2.21. The van der Waals surface area contributed by atoms with Crippen molar-refractivity contribution in [2.24, 2.45) is 5.92 Å². The zero-order valence-corrected chi connectivity index (χ0v) is 12.5. The van der Waals surface area contributed by atoms with Crippen molar-refractivity contribution < 1.29 is 9.13 Å². The quantitative estimate of drug-likeness (QED) is 0.835. The molecule has 3 heteroatoms. The van der Waals surface area contributed by atoms with Gasteiger partial charge in [0.25, 0.3) is 0 Å². The van der Waals surface area contributed by atoms with Gasteiger partial charge in [-0.05, 0) is 29.5 Å². The Bertz CT molecular complexity index is 658. The maximum Gasteiger partial charge on any atom is 0.126 e. The van der Waals surface area contributed by atoms with Crippen LogP contribution in [-0.2, 0) is 6.54 Å². The van der Waals surface area contributed by atoms with Gasteiger partial charge in [-0.3, -0.25) is 4.90 Å². The molecule has 2 aliphatic heterocycles. The molecule has 0 N–H and O–H groups in total. The first kappa shape index (κ1) is 13.8. The Morgan fingerprint density at radius 2 is 1.95 bits per heavy atom. The van der Waals surface area contributed by atoms with Gasteiger partial charge < -0.3 is 4.74 Å². The predicted molar refractivity (Wildman–Crippen MR) is 84.5 cm³/mol. The predicted octanol–water partition coefficient (Wildman–Crippen LogP) is 3.82. The van der Waals surface area contributed by atoms with Crippen LogP contribution in [0.25, 0.3) is 0 Å². The van der Waals surface area contributed by atoms with Crippen LogP contribution in [0.15, 0.2) is 48.5 Å². The molecule has 4 rings (SSSR count). The molecule has 0 saturated carbocycles. The van der Waals surface area contributed by atoms with E-state index in [4.69, 9.17) is 4.74 Å². The fourth-order valence-electron chi connectivity index (χ4n) is 3.84. The first-order valence-electron chi connectivity index (χ1n) is 7.98. The van der Waals surface area contributed by atoms with Crippen molar-refractivity contribution in [3.8, 4) is 5.75 Å². The van der Waals surface area contributed by atoms with Crippen molar-refractivity contribution in [2.45, 2.75) is 18.9 Å². The van der Waals surface area contributed by atoms with E-state index >= 15 is 0 Å². The van der Waals surface area contributed by atoms with Crippen LogP contribution in [0.4, 0.5) is 4.39 Å². The van der Waals surface area contributed by atoms with Crippen molar-refractivity contribution in [1.82, 2.24) is 4.90 Å². The highest BCUT2D eigenvalue weighted by atomic mass is 19.1. The van der Waals surface area contributed by atoms with E-state index in [0.29, 0.717) is 18.4 Å². The minimum Gasteiger partial charge on any atom is -0.493 e. The summed E-state index contributed by atoms with van der Waals surface area (Å²) in [4.78, 5) is 2.52. The van der Waals surface area contributed by atoms with Gasteiger partial charge in [0.2, 0.25) is 0 Å². The van der Waals surface area contributed by atoms with Crippen LogP contribution in [0.2, 0.25) is 0 Å². The van der Waals surface area contributed by atoms with E-state index in [1.807, 2.05) is 6.07 Å². The molecule has 114 valence electrons. The number of fused-ring (bicyclic) bond motifs is 3. The zero-order chi connectivity index (χ0) is 14.9. The topological polar surface area (TPSA) is 12.5 Å². The fraction of sp³-hybridized carbons (Fsp3) is 0.368. The molecule has 0 amide bonds. The molecule has 0 aromatic heterocycles. The summed E-state index contributed by atoms with van der Waals surface area (Å²) in [5, 5.41) is 0. The summed E-state index contributed by atoms with van der Waals surface area (Å²) >= 11 is 0. The molecule has 0 spiro atoms. The van der Waals surface area contributed by atoms with E-state index in [0.717, 1.165) is 31.8 Å². The monoisotopic (exact) mass is 297 g/mol. The number of hydrogen-bond donors (Lipinski definition) is 0. The molecule has 0 aliphatic carbocycles. The maximum atomic E-state index is 13.4. The summed E-state index contributed by atoms with van der Waals surface area (Å²) in [5.41, 5.74) is 2.54. The molecule has 2 nitrogen and oxygen atoms in total. The SMILES string of the molecule is Fc1ccc2c(c1)OCCC1CN(Cc3ccccc3)CC21. The number of likely N-dealkylation sites (tertiary alicyclic amines) is 1. The third kappa shape index (κ3) is 2.61. The van der Waals surface area contributed by atoms with Gasteiger partial charge in [-0.25, -0.2) is 4.39 Å². The third-order valence-corrected chi connectivity index (χ3v) is 4.89. The lowest BCUT2D eigenvalue weighted by Gasteiger charge is -2.17. The normalized spacial score (nSPS) is 24.2. The second kappa shape index (κ2) is 5.73. The van der Waals surface area contributed by atoms with E-state index in [1.54, 1.807) is 6.07 Å². The first-order chi connectivity index (χ1) is 10.8. The molecule has 0 radical (unpaired) electrons. The fourth-order valence-corrected chi connectivity index (χ4v) is 3.84. The molecule has 2 atom stereocenters. The smallest absolute Gasteiger partial charge is 0.126 e. The average Bonchev–Trinajstić information content (AvgIpc) is 2.83. The molecule has 1 fully saturated rings. The Morgan fingerprint density at radius 3 is 2.82 bits per heavy atom. The Balaban J connectivity index is 1.56. The maximum absolute atomic E-state index is 13.4. The summed E-state index contributed by atoms with van der Waals surface area (Å²) in [6, 6.07) is 15.6. The van der Waals surface area contributed by atoms with Crippen LogP contribution < -0.4 is 4.74 Å². The van der Waals surface area contributed by atoms with Crippen molar-refractivity contribution in [1.29, 1.82) is 0 Å². The summed E-state index contributed by atoms with van der Waals surface area (Å²) in [7, 11) is 0. The van der Waals surface area contributed by atoms with E-state index in [9.17, 15) is 4.39 Å². The van der Waals surface area contributed by atoms with Crippen LogP contribution in [0.3, 0.4) is 0 Å².